The van der Waals surface area contributed by atoms with Crippen LogP contribution in [0.2, 0.25) is 0 Å². The number of carboxylic acid groups (broad SMARTS) is 1. The van der Waals surface area contributed by atoms with Gasteiger partial charge in [0.25, 0.3) is 0 Å². The summed E-state index contributed by atoms with van der Waals surface area (Å²) in [6.07, 6.45) is 6.81. The molecule has 0 bridgehead atoms. The van der Waals surface area contributed by atoms with Crippen LogP contribution >= 0.6 is 0 Å². The lowest BCUT2D eigenvalue weighted by molar-refractivity contribution is -0.130. The lowest BCUT2D eigenvalue weighted by Crippen LogP contribution is -1.86. The van der Waals surface area contributed by atoms with Crippen molar-refractivity contribution >= 4 is 5.97 Å². The van der Waals surface area contributed by atoms with Crippen LogP contribution in [0.3, 0.4) is 0 Å². The third-order valence-corrected chi connectivity index (χ3v) is 1.41. The highest BCUT2D eigenvalue weighted by atomic mass is 16.4. The SMILES string of the molecule is C=CCCCCCC#CC(=O)O. The lowest BCUT2D eigenvalue weighted by Gasteiger charge is -1.92. The fourth-order valence-electron chi connectivity index (χ4n) is 0.817. The van der Waals surface area contributed by atoms with E-state index in [1.165, 1.54) is 0 Å². The van der Waals surface area contributed by atoms with E-state index in [-0.39, 0.29) is 0 Å². The molecule has 12 heavy (non-hydrogen) atoms. The molecule has 0 aromatic heterocycles. The van der Waals surface area contributed by atoms with Gasteiger partial charge in [-0.05, 0) is 19.3 Å². The van der Waals surface area contributed by atoms with Crippen LogP contribution in [0.5, 0.6) is 0 Å². The van der Waals surface area contributed by atoms with Gasteiger partial charge in [-0.2, -0.15) is 0 Å². The molecule has 66 valence electrons. The number of rotatable bonds is 5. The van der Waals surface area contributed by atoms with Gasteiger partial charge in [0, 0.05) is 12.3 Å². The minimum atomic E-state index is -1.04. The van der Waals surface area contributed by atoms with Crippen molar-refractivity contribution in [3.8, 4) is 11.8 Å². The first kappa shape index (κ1) is 10.8. The molecule has 0 saturated carbocycles. The monoisotopic (exact) mass is 166 g/mol. The van der Waals surface area contributed by atoms with Crippen LogP contribution in [0.1, 0.15) is 32.1 Å². The number of hydrogen-bond donors (Lipinski definition) is 1. The van der Waals surface area contributed by atoms with E-state index in [0.29, 0.717) is 6.42 Å². The molecule has 0 aromatic carbocycles. The number of carboxylic acids is 1. The maximum absolute atomic E-state index is 9.95. The average Bonchev–Trinajstić information content (AvgIpc) is 2.02. The predicted molar refractivity (Wildman–Crippen MR) is 48.7 cm³/mol. The fourth-order valence-corrected chi connectivity index (χ4v) is 0.817. The van der Waals surface area contributed by atoms with Crippen molar-refractivity contribution in [2.45, 2.75) is 32.1 Å². The molecule has 0 aliphatic heterocycles. The Morgan fingerprint density at radius 3 is 2.75 bits per heavy atom. The van der Waals surface area contributed by atoms with Crippen LogP contribution in [0.25, 0.3) is 0 Å². The Bertz CT molecular complexity index is 196. The largest absolute Gasteiger partial charge is 0.472 e. The topological polar surface area (TPSA) is 37.3 Å². The lowest BCUT2D eigenvalue weighted by atomic mass is 10.1. The minimum absolute atomic E-state index is 0.684. The Hall–Kier alpha value is -1.23. The molecule has 0 saturated heterocycles. The van der Waals surface area contributed by atoms with E-state index >= 15 is 0 Å². The molecule has 1 N–H and O–H groups in total. The van der Waals surface area contributed by atoms with Crippen LogP contribution in [0.4, 0.5) is 0 Å². The van der Waals surface area contributed by atoms with Crippen LogP contribution in [0.15, 0.2) is 12.7 Å². The Morgan fingerprint density at radius 2 is 2.17 bits per heavy atom. The highest BCUT2D eigenvalue weighted by Crippen LogP contribution is 2.01. The molecule has 2 heteroatoms. The second-order valence-electron chi connectivity index (χ2n) is 2.49. The van der Waals surface area contributed by atoms with E-state index in [4.69, 9.17) is 5.11 Å². The van der Waals surface area contributed by atoms with E-state index in [9.17, 15) is 4.79 Å². The molecule has 0 rings (SSSR count). The predicted octanol–water partition coefficient (Wildman–Crippen LogP) is 2.21. The van der Waals surface area contributed by atoms with Crippen molar-refractivity contribution in [1.29, 1.82) is 0 Å². The Kier molecular flexibility index (Phi) is 7.07. The van der Waals surface area contributed by atoms with Gasteiger partial charge in [0.1, 0.15) is 0 Å². The molecule has 0 unspecified atom stereocenters. The van der Waals surface area contributed by atoms with Gasteiger partial charge in [0.15, 0.2) is 0 Å². The molecular weight excluding hydrogens is 152 g/mol. The third kappa shape index (κ3) is 8.77. The second-order valence-corrected chi connectivity index (χ2v) is 2.49. The van der Waals surface area contributed by atoms with E-state index in [1.807, 2.05) is 6.08 Å². The number of carbonyl (C=O) groups is 1. The fraction of sp³-hybridized carbons (Fsp3) is 0.500. The molecule has 0 fully saturated rings. The molecule has 0 spiro atoms. The van der Waals surface area contributed by atoms with E-state index < -0.39 is 5.97 Å². The molecule has 0 amide bonds. The highest BCUT2D eigenvalue weighted by molar-refractivity contribution is 5.86. The number of unbranched alkanes of at least 4 members (excludes halogenated alkanes) is 4. The summed E-state index contributed by atoms with van der Waals surface area (Å²) in [5.74, 6) is 3.63. The Morgan fingerprint density at radius 1 is 1.42 bits per heavy atom. The molecular formula is C10H14O2. The smallest absolute Gasteiger partial charge is 0.381 e. The summed E-state index contributed by atoms with van der Waals surface area (Å²) in [7, 11) is 0. The highest BCUT2D eigenvalue weighted by Gasteiger charge is 1.86. The molecule has 0 aliphatic carbocycles. The zero-order valence-electron chi connectivity index (χ0n) is 7.18. The average molecular weight is 166 g/mol. The number of allylic oxidation sites excluding steroid dienone is 1. The molecule has 0 radical (unpaired) electrons. The quantitative estimate of drug-likeness (QED) is 0.386. The van der Waals surface area contributed by atoms with Crippen molar-refractivity contribution in [2.24, 2.45) is 0 Å². The second kappa shape index (κ2) is 7.87. The summed E-state index contributed by atoms with van der Waals surface area (Å²) in [6.45, 7) is 3.61. The summed E-state index contributed by atoms with van der Waals surface area (Å²) in [5, 5.41) is 8.17. The van der Waals surface area contributed by atoms with Crippen LogP contribution < -0.4 is 0 Å². The summed E-state index contributed by atoms with van der Waals surface area (Å²) < 4.78 is 0. The summed E-state index contributed by atoms with van der Waals surface area (Å²) in [6, 6.07) is 0. The van der Waals surface area contributed by atoms with Gasteiger partial charge in [-0.3, -0.25) is 0 Å². The Balaban J connectivity index is 3.17. The van der Waals surface area contributed by atoms with E-state index in [1.54, 1.807) is 0 Å². The van der Waals surface area contributed by atoms with Gasteiger partial charge in [0.2, 0.25) is 0 Å². The third-order valence-electron chi connectivity index (χ3n) is 1.41. The van der Waals surface area contributed by atoms with Gasteiger partial charge >= 0.3 is 5.97 Å². The molecule has 0 heterocycles. The van der Waals surface area contributed by atoms with Gasteiger partial charge in [-0.25, -0.2) is 4.79 Å². The Labute approximate surface area is 73.3 Å². The summed E-state index contributed by atoms with van der Waals surface area (Å²) in [5.41, 5.74) is 0. The molecule has 0 aliphatic rings. The number of aliphatic carboxylic acids is 1. The zero-order valence-corrected chi connectivity index (χ0v) is 7.18. The van der Waals surface area contributed by atoms with Crippen LogP contribution in [0, 0.1) is 11.8 Å². The maximum Gasteiger partial charge on any atom is 0.381 e. The van der Waals surface area contributed by atoms with E-state index in [0.717, 1.165) is 25.7 Å². The first-order valence-electron chi connectivity index (χ1n) is 4.10. The van der Waals surface area contributed by atoms with Crippen LogP contribution in [-0.4, -0.2) is 11.1 Å². The van der Waals surface area contributed by atoms with E-state index in [2.05, 4.69) is 18.4 Å². The van der Waals surface area contributed by atoms with Crippen molar-refractivity contribution in [1.82, 2.24) is 0 Å². The van der Waals surface area contributed by atoms with Crippen molar-refractivity contribution in [3.63, 3.8) is 0 Å². The van der Waals surface area contributed by atoms with Crippen molar-refractivity contribution < 1.29 is 9.90 Å². The normalized spacial score (nSPS) is 8.33. The van der Waals surface area contributed by atoms with Crippen molar-refractivity contribution in [2.75, 3.05) is 0 Å². The minimum Gasteiger partial charge on any atom is -0.472 e. The number of hydrogen-bond acceptors (Lipinski definition) is 1. The first-order chi connectivity index (χ1) is 5.77. The van der Waals surface area contributed by atoms with Gasteiger partial charge in [-0.1, -0.05) is 18.4 Å². The van der Waals surface area contributed by atoms with Gasteiger partial charge in [-0.15, -0.1) is 6.58 Å². The molecule has 2 nitrogen and oxygen atoms in total. The van der Waals surface area contributed by atoms with Crippen molar-refractivity contribution in [3.05, 3.63) is 12.7 Å². The summed E-state index contributed by atoms with van der Waals surface area (Å²) >= 11 is 0. The maximum atomic E-state index is 9.95. The van der Waals surface area contributed by atoms with Gasteiger partial charge in [0.05, 0.1) is 0 Å². The van der Waals surface area contributed by atoms with Gasteiger partial charge < -0.3 is 5.11 Å². The summed E-state index contributed by atoms with van der Waals surface area (Å²) in [4.78, 5) is 9.95. The zero-order chi connectivity index (χ0) is 9.23. The molecule has 0 aromatic rings. The molecule has 0 atom stereocenters. The van der Waals surface area contributed by atoms with Crippen LogP contribution in [-0.2, 0) is 4.79 Å². The first-order valence-corrected chi connectivity index (χ1v) is 4.10. The standard InChI is InChI=1S/C10H14O2/c1-2-3-4-5-6-7-8-9-10(11)12/h2H,1,3-7H2,(H,11,12).